The van der Waals surface area contributed by atoms with Crippen molar-refractivity contribution in [2.45, 2.75) is 5.41 Å². The fourth-order valence-corrected chi connectivity index (χ4v) is 10.4. The normalized spacial score (nSPS) is 14.3. The Hall–Kier alpha value is -7.94. The van der Waals surface area contributed by atoms with Crippen molar-refractivity contribution in [1.82, 2.24) is 0 Å². The minimum Gasteiger partial charge on any atom is -0.310 e. The molecule has 10 aromatic carbocycles. The van der Waals surface area contributed by atoms with Gasteiger partial charge in [0.25, 0.3) is 0 Å². The van der Waals surface area contributed by atoms with E-state index in [9.17, 15) is 0 Å². The minimum absolute atomic E-state index is 0.607. The van der Waals surface area contributed by atoms with Crippen molar-refractivity contribution in [3.8, 4) is 33.4 Å². The van der Waals surface area contributed by atoms with Crippen molar-refractivity contribution in [2.75, 3.05) is 9.80 Å². The summed E-state index contributed by atoms with van der Waals surface area (Å²) in [5.74, 6) is 0. The lowest BCUT2D eigenvalue weighted by Crippen LogP contribution is -2.27. The molecule has 2 nitrogen and oxygen atoms in total. The third kappa shape index (κ3) is 5.29. The number of para-hydroxylation sites is 4. The van der Waals surface area contributed by atoms with Gasteiger partial charge in [-0.05, 0) is 116 Å². The van der Waals surface area contributed by atoms with E-state index in [0.29, 0.717) is 0 Å². The fourth-order valence-electron chi connectivity index (χ4n) is 10.4. The standard InChI is InChI=1S/C59H40N2/c1-5-21-41(22-6-1)47-30-17-20-36-55(47)61(45-28-11-4-12-29-45)46-37-38-50-49-32-15-18-34-52(49)59(54(50)40-46)53-35-19-16-33-51(53)57-56(39-42-23-13-14-31-48(42)58(57)59)60(43-24-7-2-8-25-43)44-26-9-3-10-27-44/h1-40H. The maximum Gasteiger partial charge on any atom is 0.0733 e. The lowest BCUT2D eigenvalue weighted by Gasteiger charge is -2.34. The van der Waals surface area contributed by atoms with Crippen molar-refractivity contribution in [1.29, 1.82) is 0 Å². The van der Waals surface area contributed by atoms with Crippen LogP contribution in [0.5, 0.6) is 0 Å². The first-order valence-corrected chi connectivity index (χ1v) is 21.1. The first-order chi connectivity index (χ1) is 30.3. The molecule has 2 aliphatic carbocycles. The number of anilines is 6. The Morgan fingerprint density at radius 3 is 1.43 bits per heavy atom. The number of nitrogens with zero attached hydrogens (tertiary/aromatic N) is 2. The topological polar surface area (TPSA) is 6.48 Å². The van der Waals surface area contributed by atoms with Gasteiger partial charge in [0.15, 0.2) is 0 Å². The van der Waals surface area contributed by atoms with Gasteiger partial charge in [-0.2, -0.15) is 0 Å². The fraction of sp³-hybridized carbons (Fsp3) is 0.0169. The van der Waals surface area contributed by atoms with Crippen LogP contribution in [-0.2, 0) is 5.41 Å². The molecule has 0 aromatic heterocycles. The molecule has 286 valence electrons. The van der Waals surface area contributed by atoms with E-state index in [-0.39, 0.29) is 0 Å². The summed E-state index contributed by atoms with van der Waals surface area (Å²) in [5.41, 5.74) is 18.8. The van der Waals surface area contributed by atoms with Gasteiger partial charge in [0.05, 0.1) is 16.8 Å². The van der Waals surface area contributed by atoms with Crippen LogP contribution in [0.25, 0.3) is 44.2 Å². The van der Waals surface area contributed by atoms with Crippen LogP contribution < -0.4 is 9.80 Å². The van der Waals surface area contributed by atoms with Crippen LogP contribution in [0.15, 0.2) is 243 Å². The minimum atomic E-state index is -0.607. The molecule has 2 aliphatic rings. The third-order valence-corrected chi connectivity index (χ3v) is 12.8. The quantitative estimate of drug-likeness (QED) is 0.159. The summed E-state index contributed by atoms with van der Waals surface area (Å²) in [5, 5.41) is 2.48. The summed E-state index contributed by atoms with van der Waals surface area (Å²) >= 11 is 0. The summed E-state index contributed by atoms with van der Waals surface area (Å²) in [7, 11) is 0. The Kier molecular flexibility index (Phi) is 8.11. The van der Waals surface area contributed by atoms with Crippen molar-refractivity contribution >= 4 is 44.9 Å². The summed E-state index contributed by atoms with van der Waals surface area (Å²) in [6.07, 6.45) is 0. The van der Waals surface area contributed by atoms with Gasteiger partial charge >= 0.3 is 0 Å². The van der Waals surface area contributed by atoms with Crippen LogP contribution in [0, 0.1) is 0 Å². The molecule has 0 fully saturated rings. The van der Waals surface area contributed by atoms with Crippen LogP contribution in [-0.4, -0.2) is 0 Å². The maximum absolute atomic E-state index is 2.50. The molecule has 0 aliphatic heterocycles. The predicted octanol–water partition coefficient (Wildman–Crippen LogP) is 15.8. The van der Waals surface area contributed by atoms with Crippen LogP contribution >= 0.6 is 0 Å². The second-order valence-corrected chi connectivity index (χ2v) is 16.0. The molecule has 1 spiro atoms. The first kappa shape index (κ1) is 35.0. The van der Waals surface area contributed by atoms with Gasteiger partial charge in [0.1, 0.15) is 0 Å². The molecule has 0 saturated carbocycles. The molecule has 1 unspecified atom stereocenters. The molecular formula is C59H40N2. The highest BCUT2D eigenvalue weighted by atomic mass is 15.2. The van der Waals surface area contributed by atoms with E-state index in [1.807, 2.05) is 0 Å². The predicted molar refractivity (Wildman–Crippen MR) is 255 cm³/mol. The molecule has 12 rings (SSSR count). The van der Waals surface area contributed by atoms with E-state index in [1.54, 1.807) is 0 Å². The van der Waals surface area contributed by atoms with Gasteiger partial charge in [0, 0.05) is 33.9 Å². The summed E-state index contributed by atoms with van der Waals surface area (Å²) in [6, 6.07) is 89.0. The van der Waals surface area contributed by atoms with Crippen LogP contribution in [0.4, 0.5) is 34.1 Å². The van der Waals surface area contributed by atoms with Gasteiger partial charge in [0.2, 0.25) is 0 Å². The molecule has 0 radical (unpaired) electrons. The zero-order valence-corrected chi connectivity index (χ0v) is 33.5. The Bertz CT molecular complexity index is 3210. The smallest absolute Gasteiger partial charge is 0.0733 e. The molecule has 0 heterocycles. The van der Waals surface area contributed by atoms with E-state index in [0.717, 1.165) is 28.4 Å². The van der Waals surface area contributed by atoms with Gasteiger partial charge in [-0.15, -0.1) is 0 Å². The molecule has 61 heavy (non-hydrogen) atoms. The second kappa shape index (κ2) is 14.1. The molecule has 2 heteroatoms. The first-order valence-electron chi connectivity index (χ1n) is 21.1. The van der Waals surface area contributed by atoms with Gasteiger partial charge in [-0.25, -0.2) is 0 Å². The van der Waals surface area contributed by atoms with Crippen LogP contribution in [0.3, 0.4) is 0 Å². The number of rotatable bonds is 7. The van der Waals surface area contributed by atoms with Gasteiger partial charge in [-0.3, -0.25) is 0 Å². The van der Waals surface area contributed by atoms with Crippen molar-refractivity contribution in [3.05, 3.63) is 265 Å². The SMILES string of the molecule is c1ccc(-c2ccccc2N(c2ccccc2)c2ccc3c(c2)C2(c4ccccc4-3)c3ccccc3-c3c(N(c4ccccc4)c4ccccc4)cc4ccccc4c32)cc1. The highest BCUT2D eigenvalue weighted by Gasteiger charge is 2.53. The molecule has 0 saturated heterocycles. The van der Waals surface area contributed by atoms with E-state index in [4.69, 9.17) is 0 Å². The molecule has 10 aromatic rings. The molecule has 1 atom stereocenters. The van der Waals surface area contributed by atoms with Gasteiger partial charge in [-0.1, -0.05) is 182 Å². The number of hydrogen-bond donors (Lipinski definition) is 0. The van der Waals surface area contributed by atoms with Crippen molar-refractivity contribution in [3.63, 3.8) is 0 Å². The largest absolute Gasteiger partial charge is 0.310 e. The Morgan fingerprint density at radius 2 is 0.770 bits per heavy atom. The lowest BCUT2D eigenvalue weighted by atomic mass is 9.69. The average Bonchev–Trinajstić information content (AvgIpc) is 3.81. The summed E-state index contributed by atoms with van der Waals surface area (Å²) in [6.45, 7) is 0. The second-order valence-electron chi connectivity index (χ2n) is 16.0. The molecular weight excluding hydrogens is 737 g/mol. The average molecular weight is 777 g/mol. The number of fused-ring (bicyclic) bond motifs is 12. The van der Waals surface area contributed by atoms with E-state index >= 15 is 0 Å². The lowest BCUT2D eigenvalue weighted by molar-refractivity contribution is 0.801. The van der Waals surface area contributed by atoms with Crippen LogP contribution in [0.2, 0.25) is 0 Å². The Labute approximate surface area is 356 Å². The van der Waals surface area contributed by atoms with E-state index in [2.05, 4.69) is 252 Å². The number of benzene rings is 10. The van der Waals surface area contributed by atoms with Crippen LogP contribution in [0.1, 0.15) is 22.3 Å². The van der Waals surface area contributed by atoms with E-state index in [1.165, 1.54) is 72.1 Å². The van der Waals surface area contributed by atoms with Crippen molar-refractivity contribution < 1.29 is 0 Å². The Morgan fingerprint density at radius 1 is 0.295 bits per heavy atom. The van der Waals surface area contributed by atoms with E-state index < -0.39 is 5.41 Å². The third-order valence-electron chi connectivity index (χ3n) is 12.8. The monoisotopic (exact) mass is 776 g/mol. The molecule has 0 N–H and O–H groups in total. The van der Waals surface area contributed by atoms with Gasteiger partial charge < -0.3 is 9.80 Å². The zero-order chi connectivity index (χ0) is 40.3. The Balaban J connectivity index is 1.20. The molecule has 0 amide bonds. The highest BCUT2D eigenvalue weighted by Crippen LogP contribution is 2.66. The van der Waals surface area contributed by atoms with Crippen molar-refractivity contribution in [2.24, 2.45) is 0 Å². The highest BCUT2D eigenvalue weighted by molar-refractivity contribution is 6.10. The zero-order valence-electron chi connectivity index (χ0n) is 33.5. The maximum atomic E-state index is 2.50. The summed E-state index contributed by atoms with van der Waals surface area (Å²) in [4.78, 5) is 4.90. The summed E-state index contributed by atoms with van der Waals surface area (Å²) < 4.78 is 0. The molecule has 0 bridgehead atoms. The number of hydrogen-bond acceptors (Lipinski definition) is 2.